The topological polar surface area (TPSA) is 61.4 Å². The molecule has 0 bridgehead atoms. The van der Waals surface area contributed by atoms with Gasteiger partial charge in [-0.1, -0.05) is 18.2 Å². The van der Waals surface area contributed by atoms with Crippen molar-refractivity contribution in [2.24, 2.45) is 0 Å². The van der Waals surface area contributed by atoms with Crippen molar-refractivity contribution >= 4 is 11.6 Å². The molecule has 102 valence electrons. The molecule has 4 nitrogen and oxygen atoms in total. The number of rotatable bonds is 2. The highest BCUT2D eigenvalue weighted by Gasteiger charge is 2.13. The van der Waals surface area contributed by atoms with Gasteiger partial charge in [0.2, 0.25) is 0 Å². The van der Waals surface area contributed by atoms with Gasteiger partial charge in [-0.15, -0.1) is 0 Å². The first kappa shape index (κ1) is 12.7. The number of anilines is 1. The van der Waals surface area contributed by atoms with Gasteiger partial charge in [0.15, 0.2) is 0 Å². The fraction of sp³-hybridized carbons (Fsp3) is 0.188. The highest BCUT2D eigenvalue weighted by Crippen LogP contribution is 2.23. The van der Waals surface area contributed by atoms with E-state index in [-0.39, 0.29) is 11.7 Å². The maximum atomic E-state index is 12.2. The molecule has 0 spiro atoms. The van der Waals surface area contributed by atoms with Gasteiger partial charge in [0.25, 0.3) is 5.91 Å². The van der Waals surface area contributed by atoms with Gasteiger partial charge in [0, 0.05) is 12.1 Å². The number of carbonyl (C=O) groups excluding carboxylic acids is 1. The lowest BCUT2D eigenvalue weighted by molar-refractivity contribution is 0.102. The minimum absolute atomic E-state index is 0.0722. The highest BCUT2D eigenvalue weighted by molar-refractivity contribution is 6.05. The van der Waals surface area contributed by atoms with Gasteiger partial charge in [-0.2, -0.15) is 0 Å². The minimum Gasteiger partial charge on any atom is -0.506 e. The lowest BCUT2D eigenvalue weighted by Gasteiger charge is -2.17. The number of phenols is 1. The fourth-order valence-electron chi connectivity index (χ4n) is 2.39. The quantitative estimate of drug-likeness (QED) is 0.732. The van der Waals surface area contributed by atoms with Crippen molar-refractivity contribution in [3.05, 3.63) is 59.2 Å². The van der Waals surface area contributed by atoms with Gasteiger partial charge in [0.1, 0.15) is 5.75 Å². The van der Waals surface area contributed by atoms with Crippen LogP contribution in [0, 0.1) is 0 Å². The molecule has 1 aliphatic heterocycles. The Morgan fingerprint density at radius 1 is 1.15 bits per heavy atom. The van der Waals surface area contributed by atoms with Crippen LogP contribution in [0.1, 0.15) is 21.5 Å². The van der Waals surface area contributed by atoms with E-state index in [1.54, 1.807) is 24.3 Å². The van der Waals surface area contributed by atoms with E-state index in [2.05, 4.69) is 10.6 Å². The average Bonchev–Trinajstić information content (AvgIpc) is 2.49. The zero-order valence-corrected chi connectivity index (χ0v) is 11.0. The van der Waals surface area contributed by atoms with Crippen molar-refractivity contribution in [2.45, 2.75) is 13.0 Å². The van der Waals surface area contributed by atoms with Gasteiger partial charge < -0.3 is 15.7 Å². The molecule has 1 heterocycles. The third-order valence-corrected chi connectivity index (χ3v) is 3.51. The minimum atomic E-state index is -0.201. The normalized spacial score (nSPS) is 13.6. The van der Waals surface area contributed by atoms with Crippen molar-refractivity contribution in [3.63, 3.8) is 0 Å². The molecule has 4 heteroatoms. The second-order valence-electron chi connectivity index (χ2n) is 4.88. The van der Waals surface area contributed by atoms with E-state index in [1.807, 2.05) is 18.2 Å². The van der Waals surface area contributed by atoms with Crippen molar-refractivity contribution < 1.29 is 9.90 Å². The first-order valence-corrected chi connectivity index (χ1v) is 6.66. The molecule has 1 amide bonds. The predicted molar refractivity (Wildman–Crippen MR) is 77.9 cm³/mol. The third-order valence-electron chi connectivity index (χ3n) is 3.51. The molecule has 0 fully saturated rings. The van der Waals surface area contributed by atoms with Crippen LogP contribution in [0.5, 0.6) is 5.75 Å². The Hall–Kier alpha value is -2.33. The van der Waals surface area contributed by atoms with Crippen LogP contribution in [-0.2, 0) is 13.0 Å². The molecular formula is C16H16N2O2. The van der Waals surface area contributed by atoms with Crippen LogP contribution in [0.2, 0.25) is 0 Å². The zero-order chi connectivity index (χ0) is 13.9. The first-order chi connectivity index (χ1) is 9.74. The molecule has 2 aromatic carbocycles. The van der Waals surface area contributed by atoms with Crippen LogP contribution in [0.15, 0.2) is 42.5 Å². The van der Waals surface area contributed by atoms with E-state index in [4.69, 9.17) is 0 Å². The van der Waals surface area contributed by atoms with E-state index < -0.39 is 0 Å². The summed E-state index contributed by atoms with van der Waals surface area (Å²) in [6.07, 6.45) is 0.938. The van der Waals surface area contributed by atoms with Crippen molar-refractivity contribution in [2.75, 3.05) is 11.9 Å². The molecule has 0 saturated heterocycles. The van der Waals surface area contributed by atoms with E-state index in [1.165, 1.54) is 11.1 Å². The van der Waals surface area contributed by atoms with E-state index in [0.717, 1.165) is 19.5 Å². The molecule has 0 aromatic heterocycles. The Balaban J connectivity index is 1.82. The number of para-hydroxylation sites is 2. The molecule has 0 saturated carbocycles. The molecule has 20 heavy (non-hydrogen) atoms. The summed E-state index contributed by atoms with van der Waals surface area (Å²) < 4.78 is 0. The smallest absolute Gasteiger partial charge is 0.255 e. The van der Waals surface area contributed by atoms with Gasteiger partial charge in [-0.05, 0) is 48.4 Å². The molecule has 3 N–H and O–H groups in total. The van der Waals surface area contributed by atoms with E-state index >= 15 is 0 Å². The van der Waals surface area contributed by atoms with Crippen LogP contribution in [0.4, 0.5) is 5.69 Å². The summed E-state index contributed by atoms with van der Waals surface area (Å²) >= 11 is 0. The summed E-state index contributed by atoms with van der Waals surface area (Å²) in [6.45, 7) is 1.80. The van der Waals surface area contributed by atoms with Crippen LogP contribution >= 0.6 is 0 Å². The highest BCUT2D eigenvalue weighted by atomic mass is 16.3. The van der Waals surface area contributed by atoms with Crippen LogP contribution < -0.4 is 10.6 Å². The molecule has 0 unspecified atom stereocenters. The van der Waals surface area contributed by atoms with E-state index in [0.29, 0.717) is 11.3 Å². The summed E-state index contributed by atoms with van der Waals surface area (Å²) in [5, 5.41) is 15.7. The second kappa shape index (κ2) is 5.35. The van der Waals surface area contributed by atoms with E-state index in [9.17, 15) is 9.90 Å². The maximum absolute atomic E-state index is 12.2. The summed E-state index contributed by atoms with van der Waals surface area (Å²) in [5.41, 5.74) is 3.51. The molecule has 2 aromatic rings. The predicted octanol–water partition coefficient (Wildman–Crippen LogP) is 2.29. The Morgan fingerprint density at radius 2 is 2.00 bits per heavy atom. The first-order valence-electron chi connectivity index (χ1n) is 6.66. The molecule has 3 rings (SSSR count). The van der Waals surface area contributed by atoms with Crippen molar-refractivity contribution in [3.8, 4) is 5.75 Å². The van der Waals surface area contributed by atoms with Gasteiger partial charge in [0.05, 0.1) is 5.69 Å². The van der Waals surface area contributed by atoms with Gasteiger partial charge in [-0.3, -0.25) is 4.79 Å². The average molecular weight is 268 g/mol. The van der Waals surface area contributed by atoms with Crippen molar-refractivity contribution in [1.29, 1.82) is 0 Å². The molecule has 0 aliphatic carbocycles. The summed E-state index contributed by atoms with van der Waals surface area (Å²) in [4.78, 5) is 12.2. The SMILES string of the molecule is O=C(Nc1ccccc1O)c1ccc2c(c1)CCNC2. The summed E-state index contributed by atoms with van der Waals surface area (Å²) in [7, 11) is 0. The lowest BCUT2D eigenvalue weighted by Crippen LogP contribution is -2.24. The van der Waals surface area contributed by atoms with Gasteiger partial charge >= 0.3 is 0 Å². The molecule has 1 aliphatic rings. The Morgan fingerprint density at radius 3 is 2.85 bits per heavy atom. The number of aromatic hydroxyl groups is 1. The Labute approximate surface area is 117 Å². The fourth-order valence-corrected chi connectivity index (χ4v) is 2.39. The number of fused-ring (bicyclic) bond motifs is 1. The standard InChI is InChI=1S/C16H16N2O2/c19-15-4-2-1-3-14(15)18-16(20)12-5-6-13-10-17-8-7-11(13)9-12/h1-6,9,17,19H,7-8,10H2,(H,18,20). The maximum Gasteiger partial charge on any atom is 0.255 e. The van der Waals surface area contributed by atoms with Crippen LogP contribution in [-0.4, -0.2) is 17.6 Å². The monoisotopic (exact) mass is 268 g/mol. The Bertz CT molecular complexity index is 653. The largest absolute Gasteiger partial charge is 0.506 e. The Kier molecular flexibility index (Phi) is 3.39. The number of hydrogen-bond donors (Lipinski definition) is 3. The second-order valence-corrected chi connectivity index (χ2v) is 4.88. The lowest BCUT2D eigenvalue weighted by atomic mass is 9.98. The van der Waals surface area contributed by atoms with Crippen LogP contribution in [0.25, 0.3) is 0 Å². The third kappa shape index (κ3) is 2.51. The molecular weight excluding hydrogens is 252 g/mol. The van der Waals surface area contributed by atoms with Crippen LogP contribution in [0.3, 0.4) is 0 Å². The molecule has 0 atom stereocenters. The zero-order valence-electron chi connectivity index (χ0n) is 11.0. The molecule has 0 radical (unpaired) electrons. The summed E-state index contributed by atoms with van der Waals surface area (Å²) in [5.74, 6) is -0.129. The number of phenolic OH excluding ortho intramolecular Hbond substituents is 1. The number of benzene rings is 2. The van der Waals surface area contributed by atoms with Gasteiger partial charge in [-0.25, -0.2) is 0 Å². The number of nitrogens with one attached hydrogen (secondary N) is 2. The summed E-state index contributed by atoms with van der Waals surface area (Å²) in [6, 6.07) is 12.5. The van der Waals surface area contributed by atoms with Crippen molar-refractivity contribution in [1.82, 2.24) is 5.32 Å². The number of hydrogen-bond acceptors (Lipinski definition) is 3. The number of amides is 1. The number of carbonyl (C=O) groups is 1.